The molecule has 1 saturated heterocycles. The molecule has 0 aliphatic carbocycles. The molecule has 31 heavy (non-hydrogen) atoms. The van der Waals surface area contributed by atoms with Gasteiger partial charge >= 0.3 is 0 Å². The van der Waals surface area contributed by atoms with E-state index in [-0.39, 0.29) is 29.8 Å². The van der Waals surface area contributed by atoms with Crippen molar-refractivity contribution in [1.29, 1.82) is 0 Å². The Morgan fingerprint density at radius 2 is 1.97 bits per heavy atom. The van der Waals surface area contributed by atoms with Crippen LogP contribution in [0.2, 0.25) is 0 Å². The van der Waals surface area contributed by atoms with Crippen LogP contribution in [0.3, 0.4) is 0 Å². The fourth-order valence-corrected chi connectivity index (χ4v) is 3.81. The summed E-state index contributed by atoms with van der Waals surface area (Å²) < 4.78 is 24.6. The standard InChI is InChI=1S/C22H28FN5O2.HI/c1-4-24-22(25-13-21-16(3)19-12-17(23)5-6-20(19)29-21)28-9-7-27(8-10-28)14-18-11-15(2)30-26-18;/h5-6,11-12H,4,7-10,13-14H2,1-3H3,(H,24,25);1H. The second-order valence-electron chi connectivity index (χ2n) is 7.65. The molecule has 7 nitrogen and oxygen atoms in total. The summed E-state index contributed by atoms with van der Waals surface area (Å²) >= 11 is 0. The second kappa shape index (κ2) is 10.4. The van der Waals surface area contributed by atoms with E-state index in [9.17, 15) is 4.39 Å². The summed E-state index contributed by atoms with van der Waals surface area (Å²) in [6, 6.07) is 6.59. The van der Waals surface area contributed by atoms with Gasteiger partial charge in [-0.3, -0.25) is 4.90 Å². The number of hydrogen-bond donors (Lipinski definition) is 1. The van der Waals surface area contributed by atoms with Crippen molar-refractivity contribution in [3.8, 4) is 0 Å². The number of hydrogen-bond acceptors (Lipinski definition) is 5. The van der Waals surface area contributed by atoms with Crippen molar-refractivity contribution in [3.63, 3.8) is 0 Å². The van der Waals surface area contributed by atoms with Crippen LogP contribution < -0.4 is 5.32 Å². The summed E-state index contributed by atoms with van der Waals surface area (Å²) in [7, 11) is 0. The molecule has 0 saturated carbocycles. The zero-order valence-electron chi connectivity index (χ0n) is 18.2. The number of nitrogens with one attached hydrogen (secondary N) is 1. The van der Waals surface area contributed by atoms with Gasteiger partial charge in [0, 0.05) is 56.3 Å². The Hall–Kier alpha value is -2.14. The van der Waals surface area contributed by atoms with E-state index in [0.717, 1.165) is 73.4 Å². The molecular weight excluding hydrogens is 512 g/mol. The summed E-state index contributed by atoms with van der Waals surface area (Å²) in [6.45, 7) is 11.6. The normalized spacial score (nSPS) is 15.4. The molecule has 9 heteroatoms. The van der Waals surface area contributed by atoms with Crippen LogP contribution in [0, 0.1) is 19.7 Å². The quantitative estimate of drug-likeness (QED) is 0.299. The number of furan rings is 1. The van der Waals surface area contributed by atoms with Crippen LogP contribution in [-0.4, -0.2) is 53.6 Å². The highest BCUT2D eigenvalue weighted by atomic mass is 127. The van der Waals surface area contributed by atoms with Crippen molar-refractivity contribution in [2.24, 2.45) is 4.99 Å². The second-order valence-corrected chi connectivity index (χ2v) is 7.65. The van der Waals surface area contributed by atoms with E-state index in [4.69, 9.17) is 13.9 Å². The molecule has 2 aromatic heterocycles. The van der Waals surface area contributed by atoms with E-state index in [1.54, 1.807) is 6.07 Å². The van der Waals surface area contributed by atoms with Crippen molar-refractivity contribution in [1.82, 2.24) is 20.3 Å². The molecule has 1 fully saturated rings. The summed E-state index contributed by atoms with van der Waals surface area (Å²) in [5.41, 5.74) is 2.61. The molecule has 0 spiro atoms. The van der Waals surface area contributed by atoms with Crippen molar-refractivity contribution in [2.75, 3.05) is 32.7 Å². The van der Waals surface area contributed by atoms with E-state index in [0.29, 0.717) is 12.1 Å². The van der Waals surface area contributed by atoms with Crippen molar-refractivity contribution >= 4 is 40.9 Å². The molecular formula is C22H29FIN5O2. The van der Waals surface area contributed by atoms with Crippen molar-refractivity contribution in [2.45, 2.75) is 33.9 Å². The molecule has 1 N–H and O–H groups in total. The monoisotopic (exact) mass is 541 g/mol. The molecule has 0 bridgehead atoms. The number of benzene rings is 1. The van der Waals surface area contributed by atoms with Crippen molar-refractivity contribution < 1.29 is 13.3 Å². The number of aromatic nitrogens is 1. The predicted octanol–water partition coefficient (Wildman–Crippen LogP) is 4.08. The number of guanidine groups is 1. The summed E-state index contributed by atoms with van der Waals surface area (Å²) in [5.74, 6) is 2.23. The Morgan fingerprint density at radius 3 is 2.65 bits per heavy atom. The number of nitrogens with zero attached hydrogens (tertiary/aromatic N) is 4. The lowest BCUT2D eigenvalue weighted by Crippen LogP contribution is -2.52. The first-order valence-corrected chi connectivity index (χ1v) is 10.4. The maximum absolute atomic E-state index is 13.6. The van der Waals surface area contributed by atoms with E-state index >= 15 is 0 Å². The summed E-state index contributed by atoms with van der Waals surface area (Å²) in [4.78, 5) is 9.44. The topological polar surface area (TPSA) is 70.0 Å². The van der Waals surface area contributed by atoms with Gasteiger partial charge in [0.1, 0.15) is 29.5 Å². The Bertz CT molecular complexity index is 1040. The first kappa shape index (κ1) is 23.5. The minimum absolute atomic E-state index is 0. The number of aliphatic imine (C=N–C) groups is 1. The number of aryl methyl sites for hydroxylation is 2. The predicted molar refractivity (Wildman–Crippen MR) is 129 cm³/mol. The van der Waals surface area contributed by atoms with Crippen LogP contribution in [0.15, 0.2) is 38.2 Å². The number of piperazine rings is 1. The maximum Gasteiger partial charge on any atom is 0.194 e. The third-order valence-electron chi connectivity index (χ3n) is 5.44. The molecule has 1 aliphatic rings. The summed E-state index contributed by atoms with van der Waals surface area (Å²) in [6.07, 6.45) is 0. The Labute approximate surface area is 198 Å². The first-order valence-electron chi connectivity index (χ1n) is 10.4. The molecule has 1 aromatic carbocycles. The van der Waals surface area contributed by atoms with Gasteiger partial charge in [-0.2, -0.15) is 0 Å². The summed E-state index contributed by atoms with van der Waals surface area (Å²) in [5, 5.41) is 8.28. The highest BCUT2D eigenvalue weighted by Gasteiger charge is 2.21. The van der Waals surface area contributed by atoms with Gasteiger partial charge in [-0.15, -0.1) is 24.0 Å². The zero-order chi connectivity index (χ0) is 21.1. The van der Waals surface area contributed by atoms with E-state index in [1.165, 1.54) is 12.1 Å². The van der Waals surface area contributed by atoms with Gasteiger partial charge in [-0.05, 0) is 39.0 Å². The minimum atomic E-state index is -0.256. The van der Waals surface area contributed by atoms with Crippen LogP contribution in [0.25, 0.3) is 11.0 Å². The highest BCUT2D eigenvalue weighted by molar-refractivity contribution is 14.0. The van der Waals surface area contributed by atoms with Crippen LogP contribution in [0.5, 0.6) is 0 Å². The zero-order valence-corrected chi connectivity index (χ0v) is 20.5. The van der Waals surface area contributed by atoms with Crippen LogP contribution in [-0.2, 0) is 13.1 Å². The van der Waals surface area contributed by atoms with Gasteiger partial charge in [0.25, 0.3) is 0 Å². The lowest BCUT2D eigenvalue weighted by atomic mass is 10.1. The maximum atomic E-state index is 13.6. The van der Waals surface area contributed by atoms with E-state index in [2.05, 4.69) is 27.2 Å². The number of fused-ring (bicyclic) bond motifs is 1. The minimum Gasteiger partial charge on any atom is -0.459 e. The van der Waals surface area contributed by atoms with Crippen LogP contribution >= 0.6 is 24.0 Å². The lowest BCUT2D eigenvalue weighted by molar-refractivity contribution is 0.169. The molecule has 0 amide bonds. The van der Waals surface area contributed by atoms with E-state index in [1.807, 2.05) is 19.9 Å². The largest absolute Gasteiger partial charge is 0.459 e. The average Bonchev–Trinajstić information content (AvgIpc) is 3.29. The molecule has 1 aliphatic heterocycles. The number of rotatable bonds is 5. The molecule has 0 radical (unpaired) electrons. The Balaban J connectivity index is 0.00000272. The first-order chi connectivity index (χ1) is 14.5. The van der Waals surface area contributed by atoms with E-state index < -0.39 is 0 Å². The fourth-order valence-electron chi connectivity index (χ4n) is 3.81. The van der Waals surface area contributed by atoms with Gasteiger partial charge in [0.05, 0.1) is 5.69 Å². The third kappa shape index (κ3) is 5.57. The SMILES string of the molecule is CCNC(=NCc1oc2ccc(F)cc2c1C)N1CCN(Cc2cc(C)on2)CC1.I. The molecule has 3 heterocycles. The molecule has 3 aromatic rings. The Kier molecular flexibility index (Phi) is 7.93. The smallest absolute Gasteiger partial charge is 0.194 e. The van der Waals surface area contributed by atoms with Crippen LogP contribution in [0.4, 0.5) is 4.39 Å². The van der Waals surface area contributed by atoms with Gasteiger partial charge in [-0.1, -0.05) is 5.16 Å². The molecule has 4 rings (SSSR count). The van der Waals surface area contributed by atoms with Gasteiger partial charge in [-0.25, -0.2) is 9.38 Å². The van der Waals surface area contributed by atoms with Crippen LogP contribution in [0.1, 0.15) is 29.7 Å². The molecule has 0 unspecified atom stereocenters. The lowest BCUT2D eigenvalue weighted by Gasteiger charge is -2.36. The fraction of sp³-hybridized carbons (Fsp3) is 0.455. The third-order valence-corrected chi connectivity index (χ3v) is 5.44. The number of halogens is 2. The van der Waals surface area contributed by atoms with Gasteiger partial charge in [0.15, 0.2) is 5.96 Å². The van der Waals surface area contributed by atoms with Gasteiger partial charge < -0.3 is 19.2 Å². The highest BCUT2D eigenvalue weighted by Crippen LogP contribution is 2.26. The van der Waals surface area contributed by atoms with Gasteiger partial charge in [0.2, 0.25) is 0 Å². The Morgan fingerprint density at radius 1 is 1.19 bits per heavy atom. The average molecular weight is 541 g/mol. The molecule has 168 valence electrons. The van der Waals surface area contributed by atoms with Crippen molar-refractivity contribution in [3.05, 3.63) is 52.9 Å². The molecule has 0 atom stereocenters.